The average molecular weight is 385 g/mol. The molecule has 2 atom stereocenters. The Hall–Kier alpha value is -2.22. The number of aliphatic hydroxyl groups is 1. The number of hydrogen-bond donors (Lipinski definition) is 2. The van der Waals surface area contributed by atoms with Crippen molar-refractivity contribution in [2.45, 2.75) is 32.4 Å². The zero-order valence-corrected chi connectivity index (χ0v) is 16.2. The summed E-state index contributed by atoms with van der Waals surface area (Å²) >= 11 is 1.56. The zero-order valence-electron chi connectivity index (χ0n) is 15.3. The van der Waals surface area contributed by atoms with Gasteiger partial charge in [-0.15, -0.1) is 11.3 Å². The number of rotatable bonds is 4. The van der Waals surface area contributed by atoms with Crippen LogP contribution in [-0.4, -0.2) is 44.5 Å². The minimum absolute atomic E-state index is 0.108. The summed E-state index contributed by atoms with van der Waals surface area (Å²) in [4.78, 5) is 20.9. The number of amides is 1. The number of aromatic nitrogens is 2. The highest BCUT2D eigenvalue weighted by molar-refractivity contribution is 7.17. The smallest absolute Gasteiger partial charge is 0.274 e. The van der Waals surface area contributed by atoms with Crippen LogP contribution in [-0.2, 0) is 13.0 Å². The molecule has 142 valence electrons. The van der Waals surface area contributed by atoms with Crippen LogP contribution in [0, 0.1) is 12.8 Å². The Labute approximate surface area is 162 Å². The maximum absolute atomic E-state index is 12.8. The molecule has 4 rings (SSSR count). The molecule has 1 amide bonds. The summed E-state index contributed by atoms with van der Waals surface area (Å²) in [5.74, 6) is 0.0262. The quantitative estimate of drug-likeness (QED) is 0.722. The molecule has 7 heteroatoms. The van der Waals surface area contributed by atoms with Crippen molar-refractivity contribution in [1.82, 2.24) is 14.3 Å². The summed E-state index contributed by atoms with van der Waals surface area (Å²) in [5, 5.41) is 10.6. The van der Waals surface area contributed by atoms with Crippen molar-refractivity contribution in [3.63, 3.8) is 0 Å². The Morgan fingerprint density at radius 1 is 1.33 bits per heavy atom. The predicted octanol–water partition coefficient (Wildman–Crippen LogP) is 2.23. The highest BCUT2D eigenvalue weighted by Gasteiger charge is 2.31. The molecular formula is C20H24N4O2S. The fraction of sp³-hybridized carbons (Fsp3) is 0.400. The van der Waals surface area contributed by atoms with Gasteiger partial charge in [0.05, 0.1) is 6.10 Å². The predicted molar refractivity (Wildman–Crippen MR) is 106 cm³/mol. The van der Waals surface area contributed by atoms with E-state index in [0.29, 0.717) is 25.3 Å². The largest absolute Gasteiger partial charge is 0.391 e. The van der Waals surface area contributed by atoms with Crippen molar-refractivity contribution < 1.29 is 9.90 Å². The van der Waals surface area contributed by atoms with Crippen LogP contribution >= 0.6 is 11.3 Å². The zero-order chi connectivity index (χ0) is 19.0. The van der Waals surface area contributed by atoms with Gasteiger partial charge in [-0.2, -0.15) is 0 Å². The van der Waals surface area contributed by atoms with Gasteiger partial charge >= 0.3 is 0 Å². The summed E-state index contributed by atoms with van der Waals surface area (Å²) in [6.45, 7) is 3.50. The number of thiazole rings is 1. The first kappa shape index (κ1) is 18.2. The number of fused-ring (bicyclic) bond motifs is 1. The number of piperidine rings is 1. The molecule has 3 aromatic rings. The second-order valence-electron chi connectivity index (χ2n) is 7.20. The molecule has 1 aliphatic rings. The van der Waals surface area contributed by atoms with Crippen molar-refractivity contribution in [2.75, 3.05) is 13.1 Å². The molecule has 2 aromatic heterocycles. The third-order valence-electron chi connectivity index (χ3n) is 5.32. The first-order valence-corrected chi connectivity index (χ1v) is 10.1. The third kappa shape index (κ3) is 3.63. The van der Waals surface area contributed by atoms with E-state index in [2.05, 4.69) is 11.1 Å². The van der Waals surface area contributed by atoms with Crippen molar-refractivity contribution in [3.8, 4) is 0 Å². The van der Waals surface area contributed by atoms with Crippen LogP contribution in [0.25, 0.3) is 4.96 Å². The summed E-state index contributed by atoms with van der Waals surface area (Å²) in [7, 11) is 0. The van der Waals surface area contributed by atoms with E-state index in [1.807, 2.05) is 35.7 Å². The van der Waals surface area contributed by atoms with E-state index in [-0.39, 0.29) is 11.8 Å². The van der Waals surface area contributed by atoms with E-state index in [0.717, 1.165) is 28.2 Å². The van der Waals surface area contributed by atoms with Gasteiger partial charge in [0, 0.05) is 36.9 Å². The van der Waals surface area contributed by atoms with Gasteiger partial charge < -0.3 is 15.7 Å². The highest BCUT2D eigenvalue weighted by atomic mass is 32.1. The Morgan fingerprint density at radius 3 is 2.81 bits per heavy atom. The SMILES string of the molecule is Cc1cn2cc(C(=O)N3CCC(Cc4ccccc4CN)[C@H](O)C3)nc2s1. The third-order valence-corrected chi connectivity index (χ3v) is 6.23. The number of benzene rings is 1. The number of aliphatic hydroxyl groups excluding tert-OH is 1. The van der Waals surface area contributed by atoms with Crippen molar-refractivity contribution >= 4 is 22.2 Å². The fourth-order valence-corrected chi connectivity index (χ4v) is 4.63. The lowest BCUT2D eigenvalue weighted by Crippen LogP contribution is -2.47. The number of carbonyl (C=O) groups excluding carboxylic acids is 1. The molecular weight excluding hydrogens is 360 g/mol. The number of nitrogens with zero attached hydrogens (tertiary/aromatic N) is 3. The van der Waals surface area contributed by atoms with E-state index in [1.165, 1.54) is 5.56 Å². The van der Waals surface area contributed by atoms with E-state index in [4.69, 9.17) is 5.73 Å². The molecule has 27 heavy (non-hydrogen) atoms. The van der Waals surface area contributed by atoms with Gasteiger partial charge in [0.1, 0.15) is 5.69 Å². The first-order chi connectivity index (χ1) is 13.0. The Bertz CT molecular complexity index is 932. The van der Waals surface area contributed by atoms with Crippen LogP contribution in [0.2, 0.25) is 0 Å². The number of imidazole rings is 1. The molecule has 1 aromatic carbocycles. The number of likely N-dealkylation sites (tertiary alicyclic amines) is 1. The minimum atomic E-state index is -0.542. The van der Waals surface area contributed by atoms with Crippen LogP contribution in [0.3, 0.4) is 0 Å². The lowest BCUT2D eigenvalue weighted by atomic mass is 9.86. The van der Waals surface area contributed by atoms with Crippen LogP contribution in [0.1, 0.15) is 32.9 Å². The van der Waals surface area contributed by atoms with Crippen molar-refractivity contribution in [1.29, 1.82) is 0 Å². The molecule has 3 N–H and O–H groups in total. The molecule has 0 bridgehead atoms. The fourth-order valence-electron chi connectivity index (χ4n) is 3.82. The number of aryl methyl sites for hydroxylation is 1. The van der Waals surface area contributed by atoms with Crippen molar-refractivity contribution in [3.05, 3.63) is 58.4 Å². The number of hydrogen-bond acceptors (Lipinski definition) is 5. The normalized spacial score (nSPS) is 20.3. The summed E-state index contributed by atoms with van der Waals surface area (Å²) in [5.41, 5.74) is 8.58. The van der Waals surface area contributed by atoms with Gasteiger partial charge in [-0.05, 0) is 36.8 Å². The van der Waals surface area contributed by atoms with E-state index in [9.17, 15) is 9.90 Å². The van der Waals surface area contributed by atoms with Gasteiger partial charge in [0.2, 0.25) is 0 Å². The van der Waals surface area contributed by atoms with Crippen LogP contribution in [0.5, 0.6) is 0 Å². The Kier molecular flexibility index (Phi) is 4.99. The number of carbonyl (C=O) groups is 1. The number of β-amino-alcohol motifs (C(OH)–C–C–N with tert-alkyl or cyclic N) is 1. The first-order valence-electron chi connectivity index (χ1n) is 9.24. The Balaban J connectivity index is 1.43. The Morgan fingerprint density at radius 2 is 2.11 bits per heavy atom. The monoisotopic (exact) mass is 384 g/mol. The van der Waals surface area contributed by atoms with Crippen LogP contribution in [0.4, 0.5) is 0 Å². The molecule has 1 unspecified atom stereocenters. The topological polar surface area (TPSA) is 83.9 Å². The molecule has 1 fully saturated rings. The maximum atomic E-state index is 12.8. The molecule has 6 nitrogen and oxygen atoms in total. The standard InChI is InChI=1S/C20H24N4O2S/c1-13-10-24-11-17(22-20(24)27-13)19(26)23-7-6-15(18(25)12-23)8-14-4-2-3-5-16(14)9-21/h2-5,10-11,15,18,25H,6-9,12,21H2,1H3/t15?,18-/m1/s1. The van der Waals surface area contributed by atoms with Crippen molar-refractivity contribution in [2.24, 2.45) is 11.7 Å². The number of nitrogens with two attached hydrogens (primary N) is 1. The van der Waals surface area contributed by atoms with E-state index in [1.54, 1.807) is 22.4 Å². The average Bonchev–Trinajstić information content (AvgIpc) is 3.20. The molecule has 1 aliphatic heterocycles. The van der Waals surface area contributed by atoms with Gasteiger partial charge in [-0.3, -0.25) is 9.20 Å². The molecule has 1 saturated heterocycles. The van der Waals surface area contributed by atoms with E-state index < -0.39 is 6.10 Å². The molecule has 0 radical (unpaired) electrons. The van der Waals surface area contributed by atoms with Gasteiger partial charge in [-0.25, -0.2) is 4.98 Å². The maximum Gasteiger partial charge on any atom is 0.274 e. The second kappa shape index (κ2) is 7.42. The van der Waals surface area contributed by atoms with Gasteiger partial charge in [0.25, 0.3) is 5.91 Å². The molecule has 0 spiro atoms. The minimum Gasteiger partial charge on any atom is -0.391 e. The lowest BCUT2D eigenvalue weighted by molar-refractivity contribution is 0.0194. The van der Waals surface area contributed by atoms with Crippen LogP contribution in [0.15, 0.2) is 36.7 Å². The van der Waals surface area contributed by atoms with E-state index >= 15 is 0 Å². The second-order valence-corrected chi connectivity index (χ2v) is 8.42. The molecule has 3 heterocycles. The lowest BCUT2D eigenvalue weighted by Gasteiger charge is -2.36. The van der Waals surface area contributed by atoms with Crippen LogP contribution < -0.4 is 5.73 Å². The summed E-state index contributed by atoms with van der Waals surface area (Å²) in [6.07, 6.45) is 4.76. The summed E-state index contributed by atoms with van der Waals surface area (Å²) in [6, 6.07) is 8.10. The van der Waals surface area contributed by atoms with Gasteiger partial charge in [0.15, 0.2) is 4.96 Å². The highest BCUT2D eigenvalue weighted by Crippen LogP contribution is 2.25. The summed E-state index contributed by atoms with van der Waals surface area (Å²) < 4.78 is 1.89. The molecule has 0 saturated carbocycles. The molecule has 0 aliphatic carbocycles. The van der Waals surface area contributed by atoms with Gasteiger partial charge in [-0.1, -0.05) is 24.3 Å².